The van der Waals surface area contributed by atoms with Crippen LogP contribution in [0.3, 0.4) is 0 Å². The molecule has 0 unspecified atom stereocenters. The summed E-state index contributed by atoms with van der Waals surface area (Å²) in [6.45, 7) is 1.98. The number of aryl methyl sites for hydroxylation is 1. The zero-order chi connectivity index (χ0) is 12.4. The second kappa shape index (κ2) is 4.44. The molecule has 0 aliphatic carbocycles. The van der Waals surface area contributed by atoms with Gasteiger partial charge in [0.1, 0.15) is 11.2 Å². The molecule has 0 aliphatic rings. The molecule has 0 saturated heterocycles. The van der Waals surface area contributed by atoms with E-state index in [1.165, 1.54) is 0 Å². The Morgan fingerprint density at radius 2 is 2.00 bits per heavy atom. The van der Waals surface area contributed by atoms with E-state index in [1.54, 1.807) is 6.07 Å². The van der Waals surface area contributed by atoms with Crippen LogP contribution in [0.15, 0.2) is 30.3 Å². The monoisotopic (exact) mass is 243 g/mol. The first kappa shape index (κ1) is 11.4. The van der Waals surface area contributed by atoms with Gasteiger partial charge in [0.2, 0.25) is 0 Å². The second-order valence-corrected chi connectivity index (χ2v) is 4.07. The highest BCUT2D eigenvalue weighted by molar-refractivity contribution is 6.29. The van der Waals surface area contributed by atoms with Crippen molar-refractivity contribution in [3.8, 4) is 17.2 Å². The van der Waals surface area contributed by atoms with Gasteiger partial charge in [0, 0.05) is 5.56 Å². The molecule has 0 radical (unpaired) electrons. The van der Waals surface area contributed by atoms with E-state index in [4.69, 9.17) is 22.6 Å². The van der Waals surface area contributed by atoms with Crippen molar-refractivity contribution in [3.63, 3.8) is 0 Å². The molecule has 3 nitrogen and oxygen atoms in total. The Balaban J connectivity index is 2.73. The van der Waals surface area contributed by atoms with Crippen LogP contribution in [-0.4, -0.2) is 4.98 Å². The van der Waals surface area contributed by atoms with Crippen molar-refractivity contribution in [1.82, 2.24) is 4.98 Å². The van der Waals surface area contributed by atoms with Gasteiger partial charge in [-0.3, -0.25) is 0 Å². The molecule has 1 heterocycles. The molecule has 0 amide bonds. The number of benzene rings is 1. The van der Waals surface area contributed by atoms with Crippen LogP contribution in [-0.2, 0) is 0 Å². The standard InChI is InChI=1S/C13H10ClN3/c1-8-4-2-3-5-9(8)10-6-12(14)17-11(7-15)13(10)16/h2-6H,16H2,1H3. The van der Waals surface area contributed by atoms with Gasteiger partial charge in [0.15, 0.2) is 5.69 Å². The molecular weight excluding hydrogens is 234 g/mol. The molecule has 0 fully saturated rings. The Morgan fingerprint density at radius 3 is 2.65 bits per heavy atom. The van der Waals surface area contributed by atoms with Crippen LogP contribution in [0.4, 0.5) is 5.69 Å². The number of nitrogens with two attached hydrogens (primary N) is 1. The number of nitrogen functional groups attached to an aromatic ring is 1. The van der Waals surface area contributed by atoms with Crippen molar-refractivity contribution < 1.29 is 0 Å². The van der Waals surface area contributed by atoms with Crippen molar-refractivity contribution in [2.24, 2.45) is 0 Å². The van der Waals surface area contributed by atoms with Gasteiger partial charge in [0.25, 0.3) is 0 Å². The first-order valence-electron chi connectivity index (χ1n) is 5.05. The van der Waals surface area contributed by atoms with Crippen molar-refractivity contribution in [2.75, 3.05) is 5.73 Å². The van der Waals surface area contributed by atoms with Gasteiger partial charge in [-0.05, 0) is 24.1 Å². The van der Waals surface area contributed by atoms with E-state index in [0.717, 1.165) is 16.7 Å². The van der Waals surface area contributed by atoms with Crippen molar-refractivity contribution >= 4 is 17.3 Å². The van der Waals surface area contributed by atoms with Gasteiger partial charge in [0.05, 0.1) is 5.69 Å². The summed E-state index contributed by atoms with van der Waals surface area (Å²) in [7, 11) is 0. The van der Waals surface area contributed by atoms with Crippen LogP contribution in [0.25, 0.3) is 11.1 Å². The number of nitrogens with zero attached hydrogens (tertiary/aromatic N) is 2. The van der Waals surface area contributed by atoms with Gasteiger partial charge >= 0.3 is 0 Å². The molecular formula is C13H10ClN3. The lowest BCUT2D eigenvalue weighted by atomic mass is 9.99. The normalized spacial score (nSPS) is 9.94. The Labute approximate surface area is 104 Å². The van der Waals surface area contributed by atoms with Gasteiger partial charge in [-0.15, -0.1) is 0 Å². The molecule has 0 atom stereocenters. The highest BCUT2D eigenvalue weighted by atomic mass is 35.5. The average molecular weight is 244 g/mol. The fourth-order valence-corrected chi connectivity index (χ4v) is 1.90. The van der Waals surface area contributed by atoms with Crippen LogP contribution in [0.5, 0.6) is 0 Å². The first-order valence-corrected chi connectivity index (χ1v) is 5.43. The highest BCUT2D eigenvalue weighted by Crippen LogP contribution is 2.31. The first-order chi connectivity index (χ1) is 8.13. The van der Waals surface area contributed by atoms with Crippen LogP contribution in [0, 0.1) is 18.3 Å². The summed E-state index contributed by atoms with van der Waals surface area (Å²) in [6, 6.07) is 11.4. The molecule has 0 saturated carbocycles. The van der Waals surface area contributed by atoms with E-state index in [1.807, 2.05) is 37.3 Å². The summed E-state index contributed by atoms with van der Waals surface area (Å²) in [4.78, 5) is 3.89. The molecule has 84 valence electrons. The van der Waals surface area contributed by atoms with Crippen LogP contribution in [0.2, 0.25) is 5.15 Å². The predicted molar refractivity (Wildman–Crippen MR) is 68.5 cm³/mol. The Bertz CT molecular complexity index is 615. The third-order valence-electron chi connectivity index (χ3n) is 2.57. The molecule has 1 aromatic heterocycles. The highest BCUT2D eigenvalue weighted by Gasteiger charge is 2.11. The summed E-state index contributed by atoms with van der Waals surface area (Å²) in [5, 5.41) is 9.20. The van der Waals surface area contributed by atoms with Crippen molar-refractivity contribution in [3.05, 3.63) is 46.7 Å². The Kier molecular flexibility index (Phi) is 2.99. The Hall–Kier alpha value is -2.05. The third kappa shape index (κ3) is 2.08. The maximum Gasteiger partial charge on any atom is 0.165 e. The number of nitriles is 1. The van der Waals surface area contributed by atoms with Crippen molar-refractivity contribution in [1.29, 1.82) is 5.26 Å². The number of anilines is 1. The van der Waals surface area contributed by atoms with Crippen LogP contribution < -0.4 is 5.73 Å². The maximum absolute atomic E-state index is 8.93. The van der Waals surface area contributed by atoms with E-state index in [0.29, 0.717) is 5.69 Å². The molecule has 0 bridgehead atoms. The van der Waals surface area contributed by atoms with Crippen molar-refractivity contribution in [2.45, 2.75) is 6.92 Å². The molecule has 2 rings (SSSR count). The number of rotatable bonds is 1. The number of hydrogen-bond donors (Lipinski definition) is 1. The largest absolute Gasteiger partial charge is 0.396 e. The fraction of sp³-hybridized carbons (Fsp3) is 0.0769. The minimum atomic E-state index is 0.163. The minimum Gasteiger partial charge on any atom is -0.396 e. The topological polar surface area (TPSA) is 62.7 Å². The lowest BCUT2D eigenvalue weighted by molar-refractivity contribution is 1.27. The van der Waals surface area contributed by atoms with Crippen LogP contribution >= 0.6 is 11.6 Å². The van der Waals surface area contributed by atoms with Crippen LogP contribution in [0.1, 0.15) is 11.3 Å². The van der Waals surface area contributed by atoms with E-state index < -0.39 is 0 Å². The number of halogens is 1. The molecule has 2 N–H and O–H groups in total. The van der Waals surface area contributed by atoms with E-state index >= 15 is 0 Å². The smallest absolute Gasteiger partial charge is 0.165 e. The second-order valence-electron chi connectivity index (χ2n) is 3.68. The quantitative estimate of drug-likeness (QED) is 0.783. The zero-order valence-corrected chi connectivity index (χ0v) is 9.99. The van der Waals surface area contributed by atoms with Gasteiger partial charge < -0.3 is 5.73 Å². The molecule has 0 spiro atoms. The molecule has 4 heteroatoms. The molecule has 1 aromatic carbocycles. The average Bonchev–Trinajstić information content (AvgIpc) is 2.32. The number of hydrogen-bond acceptors (Lipinski definition) is 3. The van der Waals surface area contributed by atoms with E-state index in [-0.39, 0.29) is 10.8 Å². The zero-order valence-electron chi connectivity index (χ0n) is 9.24. The number of aromatic nitrogens is 1. The fourth-order valence-electron chi connectivity index (χ4n) is 1.71. The summed E-state index contributed by atoms with van der Waals surface area (Å²) >= 11 is 5.89. The van der Waals surface area contributed by atoms with Gasteiger partial charge in [-0.25, -0.2) is 4.98 Å². The Morgan fingerprint density at radius 1 is 1.29 bits per heavy atom. The van der Waals surface area contributed by atoms with Gasteiger partial charge in [-0.1, -0.05) is 35.9 Å². The predicted octanol–water partition coefficient (Wildman–Crippen LogP) is 3.16. The van der Waals surface area contributed by atoms with E-state index in [9.17, 15) is 0 Å². The summed E-state index contributed by atoms with van der Waals surface area (Å²) in [5.74, 6) is 0. The van der Waals surface area contributed by atoms with Gasteiger partial charge in [-0.2, -0.15) is 5.26 Å². The summed E-state index contributed by atoms with van der Waals surface area (Å²) in [5.41, 5.74) is 9.24. The third-order valence-corrected chi connectivity index (χ3v) is 2.76. The minimum absolute atomic E-state index is 0.163. The molecule has 17 heavy (non-hydrogen) atoms. The van der Waals surface area contributed by atoms with E-state index in [2.05, 4.69) is 4.98 Å². The lowest BCUT2D eigenvalue weighted by Gasteiger charge is -2.10. The SMILES string of the molecule is Cc1ccccc1-c1cc(Cl)nc(C#N)c1N. The lowest BCUT2D eigenvalue weighted by Crippen LogP contribution is -1.98. The summed E-state index contributed by atoms with van der Waals surface area (Å²) < 4.78 is 0. The summed E-state index contributed by atoms with van der Waals surface area (Å²) in [6.07, 6.45) is 0. The molecule has 2 aromatic rings. The molecule has 0 aliphatic heterocycles. The maximum atomic E-state index is 8.93. The number of pyridine rings is 1.